The van der Waals surface area contributed by atoms with Gasteiger partial charge in [-0.15, -0.1) is 0 Å². The summed E-state index contributed by atoms with van der Waals surface area (Å²) in [5.74, 6) is -0.385. The number of methoxy groups -OCH3 is 1. The van der Waals surface area contributed by atoms with E-state index in [9.17, 15) is 8.78 Å². The number of nitrogens with zero attached hydrogens (tertiary/aromatic N) is 1. The Balaban J connectivity index is 1.63. The van der Waals surface area contributed by atoms with E-state index in [-0.39, 0.29) is 0 Å². The smallest absolute Gasteiger partial charge is 0.137 e. The molecule has 0 saturated heterocycles. The Morgan fingerprint density at radius 2 is 2.04 bits per heavy atom. The maximum atomic E-state index is 13.9. The first-order valence-electron chi connectivity index (χ1n) is 7.33. The zero-order valence-corrected chi connectivity index (χ0v) is 12.7. The second-order valence-electron chi connectivity index (χ2n) is 5.22. The highest BCUT2D eigenvalue weighted by molar-refractivity contribution is 5.82. The van der Waals surface area contributed by atoms with E-state index in [0.717, 1.165) is 17.4 Å². The lowest BCUT2D eigenvalue weighted by Crippen LogP contribution is -2.17. The number of aromatic amines is 1. The van der Waals surface area contributed by atoms with Gasteiger partial charge in [0.15, 0.2) is 0 Å². The lowest BCUT2D eigenvalue weighted by molar-refractivity contribution is 0.408. The molecule has 0 aliphatic carbocycles. The van der Waals surface area contributed by atoms with E-state index in [1.54, 1.807) is 7.11 Å². The van der Waals surface area contributed by atoms with Crippen LogP contribution in [0.5, 0.6) is 5.75 Å². The molecule has 3 rings (SSSR count). The Labute approximate surface area is 132 Å². The largest absolute Gasteiger partial charge is 0.496 e. The second-order valence-corrected chi connectivity index (χ2v) is 5.22. The van der Waals surface area contributed by atoms with E-state index < -0.39 is 11.6 Å². The second kappa shape index (κ2) is 6.75. The highest BCUT2D eigenvalue weighted by Gasteiger charge is 2.12. The first kappa shape index (κ1) is 15.4. The fourth-order valence-corrected chi connectivity index (χ4v) is 2.60. The minimum absolute atomic E-state index is 0.308. The first-order valence-corrected chi connectivity index (χ1v) is 7.33. The molecule has 0 atom stereocenters. The zero-order valence-electron chi connectivity index (χ0n) is 12.7. The molecule has 0 fully saturated rings. The maximum Gasteiger partial charge on any atom is 0.137 e. The van der Waals surface area contributed by atoms with E-state index in [4.69, 9.17) is 4.74 Å². The number of benzene rings is 2. The molecule has 0 amide bonds. The number of para-hydroxylation sites is 1. The van der Waals surface area contributed by atoms with Crippen molar-refractivity contribution in [1.29, 1.82) is 0 Å². The molecule has 0 saturated carbocycles. The SMILES string of the molecule is COc1ccccc1CNCCc1[nH]nc2cc(F)cc(F)c12. The average molecular weight is 317 g/mol. The predicted molar refractivity (Wildman–Crippen MR) is 84.4 cm³/mol. The molecule has 0 spiro atoms. The summed E-state index contributed by atoms with van der Waals surface area (Å²) in [6.45, 7) is 1.28. The van der Waals surface area contributed by atoms with Crippen molar-refractivity contribution in [2.75, 3.05) is 13.7 Å². The van der Waals surface area contributed by atoms with Crippen molar-refractivity contribution >= 4 is 10.9 Å². The molecule has 120 valence electrons. The third-order valence-electron chi connectivity index (χ3n) is 3.71. The highest BCUT2D eigenvalue weighted by Crippen LogP contribution is 2.21. The van der Waals surface area contributed by atoms with Crippen LogP contribution in [-0.4, -0.2) is 23.9 Å². The number of halogens is 2. The van der Waals surface area contributed by atoms with Crippen LogP contribution in [0.15, 0.2) is 36.4 Å². The van der Waals surface area contributed by atoms with Crippen molar-refractivity contribution in [3.05, 3.63) is 59.3 Å². The van der Waals surface area contributed by atoms with Gasteiger partial charge in [0.2, 0.25) is 0 Å². The maximum absolute atomic E-state index is 13.9. The van der Waals surface area contributed by atoms with Crippen LogP contribution in [0.4, 0.5) is 8.78 Å². The van der Waals surface area contributed by atoms with Gasteiger partial charge < -0.3 is 10.1 Å². The molecule has 0 unspecified atom stereocenters. The lowest BCUT2D eigenvalue weighted by atomic mass is 10.1. The number of H-pyrrole nitrogens is 1. The van der Waals surface area contributed by atoms with Crippen LogP contribution >= 0.6 is 0 Å². The predicted octanol–water partition coefficient (Wildman–Crippen LogP) is 3.18. The number of fused-ring (bicyclic) bond motifs is 1. The van der Waals surface area contributed by atoms with E-state index in [1.807, 2.05) is 24.3 Å². The van der Waals surface area contributed by atoms with Gasteiger partial charge in [0.05, 0.1) is 18.0 Å². The van der Waals surface area contributed by atoms with Crippen molar-refractivity contribution in [1.82, 2.24) is 15.5 Å². The fraction of sp³-hybridized carbons (Fsp3) is 0.235. The summed E-state index contributed by atoms with van der Waals surface area (Å²) in [4.78, 5) is 0. The molecule has 0 bridgehead atoms. The Hall–Kier alpha value is -2.47. The lowest BCUT2D eigenvalue weighted by Gasteiger charge is -2.09. The van der Waals surface area contributed by atoms with Crippen molar-refractivity contribution in [3.63, 3.8) is 0 Å². The van der Waals surface area contributed by atoms with Crippen molar-refractivity contribution < 1.29 is 13.5 Å². The Morgan fingerprint density at radius 1 is 1.22 bits per heavy atom. The van der Waals surface area contributed by atoms with Crippen molar-refractivity contribution in [3.8, 4) is 5.75 Å². The molecule has 4 nitrogen and oxygen atoms in total. The number of hydrogen-bond donors (Lipinski definition) is 2. The fourth-order valence-electron chi connectivity index (χ4n) is 2.60. The van der Waals surface area contributed by atoms with Gasteiger partial charge in [-0.1, -0.05) is 18.2 Å². The summed E-state index contributed by atoms with van der Waals surface area (Å²) in [7, 11) is 1.64. The highest BCUT2D eigenvalue weighted by atomic mass is 19.1. The molecule has 1 aromatic heterocycles. The summed E-state index contributed by atoms with van der Waals surface area (Å²) in [5, 5.41) is 10.4. The third kappa shape index (κ3) is 3.32. The minimum atomic E-state index is -0.623. The number of nitrogens with one attached hydrogen (secondary N) is 2. The van der Waals surface area contributed by atoms with Gasteiger partial charge in [-0.3, -0.25) is 5.10 Å². The summed E-state index contributed by atoms with van der Waals surface area (Å²) in [6.07, 6.45) is 0.564. The number of aromatic nitrogens is 2. The van der Waals surface area contributed by atoms with Crippen molar-refractivity contribution in [2.45, 2.75) is 13.0 Å². The molecule has 0 aliphatic rings. The van der Waals surface area contributed by atoms with Gasteiger partial charge in [0.1, 0.15) is 17.4 Å². The van der Waals surface area contributed by atoms with Gasteiger partial charge in [0, 0.05) is 42.9 Å². The molecule has 6 heteroatoms. The third-order valence-corrected chi connectivity index (χ3v) is 3.71. The molecule has 23 heavy (non-hydrogen) atoms. The van der Waals surface area contributed by atoms with Crippen LogP contribution in [0.25, 0.3) is 10.9 Å². The van der Waals surface area contributed by atoms with Gasteiger partial charge in [0.25, 0.3) is 0 Å². The monoisotopic (exact) mass is 317 g/mol. The molecule has 0 aliphatic heterocycles. The summed E-state index contributed by atoms with van der Waals surface area (Å²) in [5.41, 5.74) is 2.02. The molecular formula is C17H17F2N3O. The van der Waals surface area contributed by atoms with Crippen LogP contribution in [-0.2, 0) is 13.0 Å². The quantitative estimate of drug-likeness (QED) is 0.687. The molecule has 2 aromatic carbocycles. The summed E-state index contributed by atoms with van der Waals surface area (Å²) < 4.78 is 32.3. The van der Waals surface area contributed by atoms with Crippen molar-refractivity contribution in [2.24, 2.45) is 0 Å². The van der Waals surface area contributed by atoms with Gasteiger partial charge in [-0.25, -0.2) is 8.78 Å². The van der Waals surface area contributed by atoms with Crippen LogP contribution in [0, 0.1) is 11.6 Å². The van der Waals surface area contributed by atoms with Gasteiger partial charge in [-0.05, 0) is 6.07 Å². The zero-order chi connectivity index (χ0) is 16.2. The van der Waals surface area contributed by atoms with E-state index >= 15 is 0 Å². The Bertz CT molecular complexity index is 817. The van der Waals surface area contributed by atoms with Crippen LogP contribution in [0.3, 0.4) is 0 Å². The Morgan fingerprint density at radius 3 is 2.87 bits per heavy atom. The number of ether oxygens (including phenoxy) is 1. The molecule has 2 N–H and O–H groups in total. The molecule has 0 radical (unpaired) electrons. The van der Waals surface area contributed by atoms with E-state index in [1.165, 1.54) is 6.07 Å². The summed E-state index contributed by atoms with van der Waals surface area (Å²) >= 11 is 0. The van der Waals surface area contributed by atoms with Gasteiger partial charge >= 0.3 is 0 Å². The minimum Gasteiger partial charge on any atom is -0.496 e. The van der Waals surface area contributed by atoms with Gasteiger partial charge in [-0.2, -0.15) is 5.10 Å². The number of hydrogen-bond acceptors (Lipinski definition) is 3. The van der Waals surface area contributed by atoms with E-state index in [2.05, 4.69) is 15.5 Å². The van der Waals surface area contributed by atoms with E-state index in [0.29, 0.717) is 36.1 Å². The average Bonchev–Trinajstić information content (AvgIpc) is 2.95. The molecular weight excluding hydrogens is 300 g/mol. The van der Waals surface area contributed by atoms with Crippen LogP contribution in [0.1, 0.15) is 11.3 Å². The van der Waals surface area contributed by atoms with Crippen LogP contribution in [0.2, 0.25) is 0 Å². The first-order chi connectivity index (χ1) is 11.2. The topological polar surface area (TPSA) is 49.9 Å². The standard InChI is InChI=1S/C17H17F2N3O/c1-23-16-5-3-2-4-11(16)10-20-7-6-14-17-13(19)8-12(18)9-15(17)22-21-14/h2-5,8-9,20H,6-7,10H2,1H3,(H,21,22). The number of rotatable bonds is 6. The molecule has 1 heterocycles. The summed E-state index contributed by atoms with van der Waals surface area (Å²) in [6, 6.07) is 9.86. The molecule has 3 aromatic rings. The Kier molecular flexibility index (Phi) is 4.52. The van der Waals surface area contributed by atoms with Crippen LogP contribution < -0.4 is 10.1 Å². The normalized spacial score (nSPS) is 11.1.